The van der Waals surface area contributed by atoms with Gasteiger partial charge < -0.3 is 19.7 Å². The molecule has 2 aromatic rings. The van der Waals surface area contributed by atoms with E-state index < -0.39 is 23.0 Å². The molecule has 9 heteroatoms. The van der Waals surface area contributed by atoms with E-state index in [1.807, 2.05) is 13.0 Å². The van der Waals surface area contributed by atoms with Crippen LogP contribution in [0.25, 0.3) is 0 Å². The van der Waals surface area contributed by atoms with E-state index in [9.17, 15) is 29.4 Å². The molecule has 0 radical (unpaired) electrons. The first kappa shape index (κ1) is 45.0. The molecule has 0 amide bonds. The summed E-state index contributed by atoms with van der Waals surface area (Å²) in [5, 5.41) is 21.5. The highest BCUT2D eigenvalue weighted by atomic mass is 35.5. The maximum Gasteiger partial charge on any atom is 0.350 e. The zero-order chi connectivity index (χ0) is 43.7. The predicted molar refractivity (Wildman–Crippen MR) is 230 cm³/mol. The second-order valence-electron chi connectivity index (χ2n) is 21.4. The van der Waals surface area contributed by atoms with Crippen molar-refractivity contribution < 1.29 is 38.9 Å². The van der Waals surface area contributed by atoms with Crippen molar-refractivity contribution in [3.05, 3.63) is 76.3 Å². The molecule has 2 aromatic carbocycles. The molecule has 9 unspecified atom stereocenters. The average molecular weight is 832 g/mol. The molecule has 59 heavy (non-hydrogen) atoms. The van der Waals surface area contributed by atoms with Crippen molar-refractivity contribution in [2.24, 2.45) is 50.2 Å². The first-order valence-electron chi connectivity index (χ1n) is 21.7. The van der Waals surface area contributed by atoms with Crippen molar-refractivity contribution in [2.45, 2.75) is 152 Å². The number of fused-ring (bicyclic) bond motifs is 7. The van der Waals surface area contributed by atoms with Gasteiger partial charge >= 0.3 is 11.9 Å². The maximum atomic E-state index is 14.2. The van der Waals surface area contributed by atoms with E-state index in [0.717, 1.165) is 51.4 Å². The minimum absolute atomic E-state index is 0.0296. The Hall–Kier alpha value is -3.49. The number of carbonyl (C=O) groups excluding carboxylic acids is 3. The van der Waals surface area contributed by atoms with Crippen LogP contribution in [0.2, 0.25) is 5.02 Å². The molecule has 7 rings (SSSR count). The Kier molecular flexibility index (Phi) is 11.8. The molecule has 8 nitrogen and oxygen atoms in total. The fraction of sp³-hybridized carbons (Fsp3) is 0.640. The van der Waals surface area contributed by atoms with Gasteiger partial charge in [-0.2, -0.15) is 0 Å². The summed E-state index contributed by atoms with van der Waals surface area (Å²) >= 11 is 5.84. The van der Waals surface area contributed by atoms with Crippen molar-refractivity contribution in [1.29, 1.82) is 0 Å². The van der Waals surface area contributed by atoms with E-state index in [2.05, 4.69) is 41.5 Å². The molecule has 4 saturated carbocycles. The molecule has 5 aliphatic rings. The number of rotatable bonds is 7. The van der Waals surface area contributed by atoms with Gasteiger partial charge in [0.25, 0.3) is 0 Å². The Labute approximate surface area is 356 Å². The van der Waals surface area contributed by atoms with Crippen molar-refractivity contribution in [3.8, 4) is 5.75 Å². The van der Waals surface area contributed by atoms with E-state index in [4.69, 9.17) is 21.1 Å². The SMILES string of the molecule is CC(C)OC(=O)C(C)(C)Oc1ccc(C(=O)c2ccc(Cl)cc2)cc1.CC1(C(=O)O)CCC2(C)CCC3(C)C(=CC(=O)C4C5(C)CCC(O)C(C)(C)C5CCC43C)C2C1. The number of aliphatic hydroxyl groups excluding tert-OH is 1. The number of aliphatic carboxylic acids is 1. The van der Waals surface area contributed by atoms with Gasteiger partial charge in [-0.3, -0.25) is 14.4 Å². The van der Waals surface area contributed by atoms with Crippen LogP contribution in [0.5, 0.6) is 5.75 Å². The number of carbonyl (C=O) groups is 4. The van der Waals surface area contributed by atoms with Crippen LogP contribution in [0.1, 0.15) is 150 Å². The first-order valence-corrected chi connectivity index (χ1v) is 22.1. The summed E-state index contributed by atoms with van der Waals surface area (Å²) in [5.41, 5.74) is 0.102. The number of hydrogen-bond acceptors (Lipinski definition) is 7. The van der Waals surface area contributed by atoms with Crippen LogP contribution in [-0.4, -0.2) is 51.5 Å². The zero-order valence-electron chi connectivity index (χ0n) is 37.2. The molecular formula is C50H67ClO8. The second-order valence-corrected chi connectivity index (χ2v) is 21.8. The van der Waals surface area contributed by atoms with Gasteiger partial charge in [0, 0.05) is 22.1 Å². The highest BCUT2D eigenvalue weighted by Gasteiger charge is 2.70. The van der Waals surface area contributed by atoms with Crippen molar-refractivity contribution in [2.75, 3.05) is 0 Å². The van der Waals surface area contributed by atoms with Crippen LogP contribution in [0.4, 0.5) is 0 Å². The minimum Gasteiger partial charge on any atom is -0.481 e. The van der Waals surface area contributed by atoms with E-state index in [1.165, 1.54) is 5.57 Å². The third-order valence-electron chi connectivity index (χ3n) is 16.5. The molecule has 0 spiro atoms. The van der Waals surface area contributed by atoms with E-state index >= 15 is 0 Å². The highest BCUT2D eigenvalue weighted by Crippen LogP contribution is 2.75. The van der Waals surface area contributed by atoms with Gasteiger partial charge in [-0.05, 0) is 186 Å². The minimum atomic E-state index is -1.12. The largest absolute Gasteiger partial charge is 0.481 e. The number of esters is 1. The number of ether oxygens (including phenoxy) is 2. The molecule has 2 N–H and O–H groups in total. The standard InChI is InChI=1S/C30H46O4.C20H21ClO4/c1-25(2)21-8-11-30(7)23(28(21,5)10-9-22(25)32)20(31)16-18-19-17-27(4,24(33)34)13-12-26(19,3)14-15-29(18,30)6;1-13(2)24-19(23)20(3,4)25-17-11-7-15(8-12-17)18(22)14-5-9-16(21)10-6-14/h16,19,21-23,32H,8-15,17H2,1-7H3,(H,33,34);5-13H,1-4H3. The number of carboxylic acid groups (broad SMARTS) is 1. The predicted octanol–water partition coefficient (Wildman–Crippen LogP) is 11.1. The van der Waals surface area contributed by atoms with Crippen molar-refractivity contribution in [1.82, 2.24) is 0 Å². The van der Waals surface area contributed by atoms with Gasteiger partial charge in [0.15, 0.2) is 17.2 Å². The smallest absolute Gasteiger partial charge is 0.350 e. The summed E-state index contributed by atoms with van der Waals surface area (Å²) in [6, 6.07) is 13.4. The monoisotopic (exact) mass is 830 g/mol. The summed E-state index contributed by atoms with van der Waals surface area (Å²) in [4.78, 5) is 50.9. The average Bonchev–Trinajstić information content (AvgIpc) is 3.15. The van der Waals surface area contributed by atoms with Crippen LogP contribution in [0.3, 0.4) is 0 Å². The Balaban J connectivity index is 0.000000209. The fourth-order valence-electron chi connectivity index (χ4n) is 12.5. The lowest BCUT2D eigenvalue weighted by molar-refractivity contribution is -0.202. The zero-order valence-corrected chi connectivity index (χ0v) is 37.9. The number of allylic oxidation sites excluding steroid dienone is 2. The quantitative estimate of drug-likeness (QED) is 0.209. The number of benzene rings is 2. The maximum absolute atomic E-state index is 14.2. The van der Waals surface area contributed by atoms with Gasteiger partial charge in [0.05, 0.1) is 17.6 Å². The Morgan fingerprint density at radius 3 is 1.97 bits per heavy atom. The lowest BCUT2D eigenvalue weighted by Crippen LogP contribution is -2.66. The molecule has 4 fully saturated rings. The van der Waals surface area contributed by atoms with E-state index in [-0.39, 0.29) is 62.7 Å². The number of hydrogen-bond donors (Lipinski definition) is 2. The topological polar surface area (TPSA) is 127 Å². The van der Waals surface area contributed by atoms with Crippen LogP contribution in [0.15, 0.2) is 60.2 Å². The van der Waals surface area contributed by atoms with Gasteiger partial charge in [-0.1, -0.05) is 58.7 Å². The van der Waals surface area contributed by atoms with Crippen molar-refractivity contribution in [3.63, 3.8) is 0 Å². The molecule has 0 aliphatic heterocycles. The van der Waals surface area contributed by atoms with Gasteiger partial charge in [-0.25, -0.2) is 4.79 Å². The molecule has 322 valence electrons. The summed E-state index contributed by atoms with van der Waals surface area (Å²) in [7, 11) is 0. The number of halogens is 1. The third-order valence-corrected chi connectivity index (χ3v) is 16.8. The Morgan fingerprint density at radius 2 is 1.39 bits per heavy atom. The molecule has 0 heterocycles. The highest BCUT2D eigenvalue weighted by molar-refractivity contribution is 6.30. The normalized spacial score (nSPS) is 36.0. The Morgan fingerprint density at radius 1 is 0.814 bits per heavy atom. The molecular weight excluding hydrogens is 764 g/mol. The summed E-state index contributed by atoms with van der Waals surface area (Å²) in [6.07, 6.45) is 9.74. The summed E-state index contributed by atoms with van der Waals surface area (Å²) < 4.78 is 10.9. The summed E-state index contributed by atoms with van der Waals surface area (Å²) in [6.45, 7) is 22.7. The van der Waals surface area contributed by atoms with E-state index in [0.29, 0.717) is 34.2 Å². The Bertz CT molecular complexity index is 2000. The van der Waals surface area contributed by atoms with Crippen molar-refractivity contribution >= 4 is 35.1 Å². The lowest BCUT2D eigenvalue weighted by Gasteiger charge is -2.70. The van der Waals surface area contributed by atoms with Crippen LogP contribution >= 0.6 is 11.6 Å². The molecule has 9 atom stereocenters. The number of carboxylic acids is 1. The molecule has 0 aromatic heterocycles. The van der Waals surface area contributed by atoms with Gasteiger partial charge in [0.2, 0.25) is 0 Å². The summed E-state index contributed by atoms with van der Waals surface area (Å²) in [5.74, 6) is -0.00558. The lowest BCUT2D eigenvalue weighted by atomic mass is 9.33. The van der Waals surface area contributed by atoms with Crippen LogP contribution < -0.4 is 4.74 Å². The molecule has 0 bridgehead atoms. The fourth-order valence-corrected chi connectivity index (χ4v) is 12.6. The number of ketones is 2. The molecule has 0 saturated heterocycles. The third kappa shape index (κ3) is 7.72. The van der Waals surface area contributed by atoms with E-state index in [1.54, 1.807) is 76.2 Å². The van der Waals surface area contributed by atoms with Crippen LogP contribution in [-0.2, 0) is 19.1 Å². The van der Waals surface area contributed by atoms with Gasteiger partial charge in [-0.15, -0.1) is 0 Å². The molecule has 5 aliphatic carbocycles. The number of aliphatic hydroxyl groups is 1. The van der Waals surface area contributed by atoms with Gasteiger partial charge in [0.1, 0.15) is 5.75 Å². The van der Waals surface area contributed by atoms with Crippen LogP contribution in [0, 0.1) is 50.2 Å². The first-order chi connectivity index (χ1) is 27.2. The second kappa shape index (κ2) is 15.4.